The quantitative estimate of drug-likeness (QED) is 0.465. The monoisotopic (exact) mass is 174 g/mol. The lowest BCUT2D eigenvalue weighted by Crippen LogP contribution is -2.39. The maximum Gasteiger partial charge on any atom is 0.265 e. The van der Waals surface area contributed by atoms with Crippen LogP contribution in [0.2, 0.25) is 0 Å². The third-order valence-corrected chi connectivity index (χ3v) is 2.87. The van der Waals surface area contributed by atoms with Gasteiger partial charge in [-0.1, -0.05) is 17.7 Å². The summed E-state index contributed by atoms with van der Waals surface area (Å²) in [4.78, 5) is 0. The average molecular weight is 174 g/mol. The van der Waals surface area contributed by atoms with E-state index in [0.717, 1.165) is 19.4 Å². The first-order chi connectivity index (χ1) is 6.45. The summed E-state index contributed by atoms with van der Waals surface area (Å²) >= 11 is 0. The minimum atomic E-state index is 1.07. The Hall–Kier alpha value is -1.38. The van der Waals surface area contributed by atoms with E-state index in [-0.39, 0.29) is 0 Å². The molecule has 13 heavy (non-hydrogen) atoms. The van der Waals surface area contributed by atoms with Crippen molar-refractivity contribution in [3.63, 3.8) is 0 Å². The van der Waals surface area contributed by atoms with E-state index >= 15 is 0 Å². The molecule has 2 heterocycles. The Bertz CT molecular complexity index is 398. The second kappa shape index (κ2) is 2.55. The third-order valence-electron chi connectivity index (χ3n) is 2.87. The molecule has 0 spiro atoms. The molecule has 2 aliphatic rings. The number of nitrogens with one attached hydrogen (secondary N) is 1. The zero-order chi connectivity index (χ0) is 8.67. The van der Waals surface area contributed by atoms with Crippen LogP contribution in [0, 0.1) is 0 Å². The molecule has 1 aliphatic carbocycles. The topological polar surface area (TPSA) is 32.6 Å². The van der Waals surface area contributed by atoms with Crippen molar-refractivity contribution in [3.05, 3.63) is 29.9 Å². The van der Waals surface area contributed by atoms with E-state index in [0.29, 0.717) is 0 Å². The number of rotatable bonds is 0. The first-order valence-corrected chi connectivity index (χ1v) is 4.74. The van der Waals surface area contributed by atoms with Crippen LogP contribution < -0.4 is 4.57 Å². The van der Waals surface area contributed by atoms with Crippen molar-refractivity contribution in [1.29, 1.82) is 0 Å². The summed E-state index contributed by atoms with van der Waals surface area (Å²) in [6.07, 6.45) is 9.79. The second-order valence-corrected chi connectivity index (χ2v) is 3.61. The number of aromatic amines is 1. The van der Waals surface area contributed by atoms with Gasteiger partial charge in [-0.05, 0) is 12.8 Å². The van der Waals surface area contributed by atoms with Crippen LogP contribution >= 0.6 is 0 Å². The molecule has 0 radical (unpaired) electrons. The van der Waals surface area contributed by atoms with Crippen molar-refractivity contribution in [3.8, 4) is 0 Å². The molecule has 0 atom stereocenters. The van der Waals surface area contributed by atoms with Gasteiger partial charge in [-0.3, -0.25) is 0 Å². The molecule has 0 saturated carbocycles. The number of aryl methyl sites for hydroxylation is 1. The molecule has 1 aliphatic heterocycles. The first kappa shape index (κ1) is 7.06. The van der Waals surface area contributed by atoms with Gasteiger partial charge in [0.15, 0.2) is 0 Å². The maximum atomic E-state index is 4.07. The van der Waals surface area contributed by atoms with E-state index in [2.05, 4.69) is 26.9 Å². The van der Waals surface area contributed by atoms with Crippen LogP contribution in [0.15, 0.2) is 24.1 Å². The summed E-state index contributed by atoms with van der Waals surface area (Å²) < 4.78 is 2.21. The highest BCUT2D eigenvalue weighted by molar-refractivity contribution is 5.65. The Morgan fingerprint density at radius 3 is 3.23 bits per heavy atom. The summed E-state index contributed by atoms with van der Waals surface area (Å²) in [6, 6.07) is 0. The lowest BCUT2D eigenvalue weighted by atomic mass is 9.92. The minimum absolute atomic E-state index is 1.07. The molecule has 0 saturated heterocycles. The first-order valence-electron chi connectivity index (χ1n) is 4.74. The van der Waals surface area contributed by atoms with E-state index in [4.69, 9.17) is 0 Å². The molecular weight excluding hydrogens is 162 g/mol. The number of H-pyrrole nitrogens is 1. The zero-order valence-electron chi connectivity index (χ0n) is 7.45. The largest absolute Gasteiger partial charge is 0.265 e. The van der Waals surface area contributed by atoms with Crippen LogP contribution in [-0.4, -0.2) is 10.2 Å². The highest BCUT2D eigenvalue weighted by Crippen LogP contribution is 2.30. The molecule has 1 N–H and O–H groups in total. The van der Waals surface area contributed by atoms with E-state index in [1.165, 1.54) is 17.8 Å². The fraction of sp³-hybridized carbons (Fsp3) is 0.400. The Kier molecular flexibility index (Phi) is 1.39. The summed E-state index contributed by atoms with van der Waals surface area (Å²) in [5.41, 5.74) is 3.05. The molecule has 3 rings (SSSR count). The van der Waals surface area contributed by atoms with Crippen molar-refractivity contribution in [2.24, 2.45) is 0 Å². The molecule has 0 amide bonds. The fourth-order valence-corrected chi connectivity index (χ4v) is 2.16. The summed E-state index contributed by atoms with van der Waals surface area (Å²) in [5, 5.41) is 7.15. The van der Waals surface area contributed by atoms with Crippen LogP contribution in [0.1, 0.15) is 25.1 Å². The van der Waals surface area contributed by atoms with Gasteiger partial charge in [0.05, 0.1) is 6.54 Å². The highest BCUT2D eigenvalue weighted by atomic mass is 15.3. The molecule has 1 aromatic rings. The molecule has 0 aromatic carbocycles. The van der Waals surface area contributed by atoms with Gasteiger partial charge < -0.3 is 0 Å². The van der Waals surface area contributed by atoms with Gasteiger partial charge in [-0.15, -0.1) is 5.10 Å². The summed E-state index contributed by atoms with van der Waals surface area (Å²) in [6.45, 7) is 1.08. The number of hydrogen-bond acceptors (Lipinski definition) is 1. The molecular formula is C10H12N3+. The van der Waals surface area contributed by atoms with Crippen molar-refractivity contribution in [2.75, 3.05) is 0 Å². The van der Waals surface area contributed by atoms with Gasteiger partial charge in [-0.2, -0.15) is 0 Å². The molecule has 0 unspecified atom stereocenters. The smallest absolute Gasteiger partial charge is 0.230 e. The van der Waals surface area contributed by atoms with Crippen LogP contribution in [0.25, 0.3) is 5.57 Å². The maximum absolute atomic E-state index is 4.07. The Balaban J connectivity index is 2.13. The summed E-state index contributed by atoms with van der Waals surface area (Å²) in [7, 11) is 0. The molecule has 3 heteroatoms. The molecule has 0 bridgehead atoms. The second-order valence-electron chi connectivity index (χ2n) is 3.61. The van der Waals surface area contributed by atoms with Crippen molar-refractivity contribution < 1.29 is 4.57 Å². The molecule has 1 aromatic heterocycles. The minimum Gasteiger partial charge on any atom is -0.230 e. The van der Waals surface area contributed by atoms with Crippen molar-refractivity contribution in [2.45, 2.75) is 25.8 Å². The lowest BCUT2D eigenvalue weighted by molar-refractivity contribution is -0.700. The van der Waals surface area contributed by atoms with E-state index < -0.39 is 0 Å². The number of fused-ring (bicyclic) bond motifs is 2. The average Bonchev–Trinajstić information content (AvgIpc) is 2.65. The predicted molar refractivity (Wildman–Crippen MR) is 48.7 cm³/mol. The van der Waals surface area contributed by atoms with Gasteiger partial charge in [-0.25, -0.2) is 4.57 Å². The van der Waals surface area contributed by atoms with Gasteiger partial charge in [0.25, 0.3) is 12.2 Å². The van der Waals surface area contributed by atoms with E-state index in [1.807, 2.05) is 6.33 Å². The third kappa shape index (κ3) is 0.963. The zero-order valence-corrected chi connectivity index (χ0v) is 7.45. The van der Waals surface area contributed by atoms with Crippen LogP contribution in [0.5, 0.6) is 0 Å². The van der Waals surface area contributed by atoms with Gasteiger partial charge in [0, 0.05) is 17.1 Å². The van der Waals surface area contributed by atoms with E-state index in [1.54, 1.807) is 5.57 Å². The fourth-order valence-electron chi connectivity index (χ4n) is 2.16. The van der Waals surface area contributed by atoms with Gasteiger partial charge in [0.1, 0.15) is 0 Å². The van der Waals surface area contributed by atoms with Crippen molar-refractivity contribution >= 4 is 5.57 Å². The van der Waals surface area contributed by atoms with Gasteiger partial charge >= 0.3 is 0 Å². The number of nitrogens with zero attached hydrogens (tertiary/aromatic N) is 2. The number of aromatic nitrogens is 3. The normalized spacial score (nSPS) is 20.0. The highest BCUT2D eigenvalue weighted by Gasteiger charge is 2.24. The summed E-state index contributed by atoms with van der Waals surface area (Å²) in [5.74, 6) is 1.21. The van der Waals surface area contributed by atoms with Crippen LogP contribution in [0.3, 0.4) is 0 Å². The Morgan fingerprint density at radius 2 is 2.23 bits per heavy atom. The van der Waals surface area contributed by atoms with Crippen LogP contribution in [-0.2, 0) is 6.54 Å². The number of allylic oxidation sites excluding steroid dienone is 4. The Labute approximate surface area is 76.8 Å². The lowest BCUT2D eigenvalue weighted by Gasteiger charge is -2.18. The Morgan fingerprint density at radius 1 is 1.31 bits per heavy atom. The molecule has 3 nitrogen and oxygen atoms in total. The van der Waals surface area contributed by atoms with Crippen molar-refractivity contribution in [1.82, 2.24) is 10.2 Å². The molecule has 66 valence electrons. The number of hydrogen-bond donors (Lipinski definition) is 1. The van der Waals surface area contributed by atoms with Gasteiger partial charge in [0.2, 0.25) is 0 Å². The standard InChI is InChI=1S/C10H11N3/c1-2-4-9-8(3-1)5-6-13-7-11-12-10(9)13/h1-2,7H,3-6H2/p+1. The van der Waals surface area contributed by atoms with Crippen LogP contribution in [0.4, 0.5) is 0 Å². The molecule has 0 fully saturated rings. The SMILES string of the molecule is C1=CCC2=C(C1)CC[n+]1cn[nH]c12. The van der Waals surface area contributed by atoms with E-state index in [9.17, 15) is 0 Å². The predicted octanol–water partition coefficient (Wildman–Crippen LogP) is 1.20.